The predicted octanol–water partition coefficient (Wildman–Crippen LogP) is 6.82. The van der Waals surface area contributed by atoms with Gasteiger partial charge in [-0.2, -0.15) is 0 Å². The standard InChI is InChI=1S/C32H33NO8/c1-19-7-4-9-20(2)13-22(14-21(17-34)10-5-8-19)41-32(35)25-16-28-31(40-18-39-28)30-23-11-6-12-27(38-3)24(23)15-26(29(25)30)33(36)37/h6,8-9,11-12,14-17,22,36-37H,4-5,7,10,13,18H2,1-3H3. The molecule has 0 radical (unpaired) electrons. The first-order chi connectivity index (χ1) is 19.8. The first-order valence-electron chi connectivity index (χ1n) is 13.5. The number of hydrogen-bond acceptors (Lipinski definition) is 9. The highest BCUT2D eigenvalue weighted by molar-refractivity contribution is 6.23. The summed E-state index contributed by atoms with van der Waals surface area (Å²) in [5.74, 6) is 0.491. The zero-order valence-electron chi connectivity index (χ0n) is 23.3. The number of benzene rings is 3. The van der Waals surface area contributed by atoms with Crippen LogP contribution >= 0.6 is 0 Å². The van der Waals surface area contributed by atoms with Gasteiger partial charge >= 0.3 is 5.97 Å². The molecule has 0 bridgehead atoms. The summed E-state index contributed by atoms with van der Waals surface area (Å²) in [4.78, 5) is 25.8. The van der Waals surface area contributed by atoms with Gasteiger partial charge in [-0.15, -0.1) is 5.23 Å². The van der Waals surface area contributed by atoms with Crippen LogP contribution in [0, 0.1) is 0 Å². The van der Waals surface area contributed by atoms with Gasteiger partial charge in [0.05, 0.1) is 12.7 Å². The average Bonchev–Trinajstić information content (AvgIpc) is 3.43. The number of anilines is 1. The number of hydrogen-bond donors (Lipinski definition) is 2. The highest BCUT2D eigenvalue weighted by atomic mass is 16.8. The minimum Gasteiger partial charge on any atom is -0.496 e. The Hall–Kier alpha value is -4.34. The SMILES string of the molecule is COc1cccc2c1cc(N(O)O)c1c(C(=O)OC3C=C(C=O)CCC=C(C)CCC=C(C)C3)cc3c(c12)OCO3. The molecule has 0 spiro atoms. The lowest BCUT2D eigenvalue weighted by Gasteiger charge is -2.21. The maximum atomic E-state index is 13.9. The summed E-state index contributed by atoms with van der Waals surface area (Å²) in [5, 5.41) is 22.4. The van der Waals surface area contributed by atoms with E-state index in [4.69, 9.17) is 18.9 Å². The Kier molecular flexibility index (Phi) is 8.28. The van der Waals surface area contributed by atoms with E-state index in [1.54, 1.807) is 18.2 Å². The summed E-state index contributed by atoms with van der Waals surface area (Å²) in [6, 6.07) is 8.39. The molecule has 214 valence electrons. The summed E-state index contributed by atoms with van der Waals surface area (Å²) < 4.78 is 23.0. The van der Waals surface area contributed by atoms with E-state index < -0.39 is 12.1 Å². The maximum absolute atomic E-state index is 13.9. The molecule has 1 aliphatic carbocycles. The number of ether oxygens (including phenoxy) is 4. The third-order valence-electron chi connectivity index (χ3n) is 7.48. The number of aldehydes is 1. The van der Waals surface area contributed by atoms with Gasteiger partial charge in [-0.3, -0.25) is 15.2 Å². The summed E-state index contributed by atoms with van der Waals surface area (Å²) in [6.07, 6.45) is 9.50. The molecule has 9 nitrogen and oxygen atoms in total. The maximum Gasteiger partial charge on any atom is 0.339 e. The van der Waals surface area contributed by atoms with Gasteiger partial charge in [0.1, 0.15) is 23.8 Å². The van der Waals surface area contributed by atoms with Gasteiger partial charge in [0, 0.05) is 22.6 Å². The van der Waals surface area contributed by atoms with E-state index in [1.165, 1.54) is 24.8 Å². The Morgan fingerprint density at radius 2 is 1.80 bits per heavy atom. The number of esters is 1. The topological polar surface area (TPSA) is 115 Å². The van der Waals surface area contributed by atoms with Gasteiger partial charge in [-0.1, -0.05) is 35.4 Å². The fraction of sp³-hybridized carbons (Fsp3) is 0.312. The van der Waals surface area contributed by atoms with Crippen LogP contribution in [0.25, 0.3) is 21.5 Å². The molecule has 0 fully saturated rings. The van der Waals surface area contributed by atoms with Crippen molar-refractivity contribution in [3.05, 3.63) is 70.8 Å². The second-order valence-electron chi connectivity index (χ2n) is 10.3. The molecule has 0 amide bonds. The minimum atomic E-state index is -0.715. The normalized spacial score (nSPS) is 17.6. The van der Waals surface area contributed by atoms with Gasteiger partial charge in [0.15, 0.2) is 11.5 Å². The Bertz CT molecular complexity index is 1600. The lowest BCUT2D eigenvalue weighted by Crippen LogP contribution is -2.19. The Morgan fingerprint density at radius 1 is 1.02 bits per heavy atom. The summed E-state index contributed by atoms with van der Waals surface area (Å²) >= 11 is 0. The largest absolute Gasteiger partial charge is 0.496 e. The Balaban J connectivity index is 1.65. The lowest BCUT2D eigenvalue weighted by atomic mass is 9.94. The zero-order chi connectivity index (χ0) is 29.1. The molecule has 2 N–H and O–H groups in total. The van der Waals surface area contributed by atoms with Gasteiger partial charge in [-0.05, 0) is 74.8 Å². The first-order valence-corrected chi connectivity index (χ1v) is 13.5. The molecule has 1 heterocycles. The van der Waals surface area contributed by atoms with Crippen LogP contribution in [0.15, 0.2) is 65.3 Å². The molecule has 0 saturated heterocycles. The Labute approximate surface area is 237 Å². The average molecular weight is 560 g/mol. The van der Waals surface area contributed by atoms with Crippen LogP contribution < -0.4 is 19.4 Å². The van der Waals surface area contributed by atoms with E-state index >= 15 is 0 Å². The number of nitrogens with zero attached hydrogens (tertiary/aromatic N) is 1. The monoisotopic (exact) mass is 559 g/mol. The molecule has 2 aliphatic rings. The third-order valence-corrected chi connectivity index (χ3v) is 7.48. The predicted molar refractivity (Wildman–Crippen MR) is 154 cm³/mol. The summed E-state index contributed by atoms with van der Waals surface area (Å²) in [6.45, 7) is 4.00. The van der Waals surface area contributed by atoms with E-state index in [0.717, 1.165) is 31.1 Å². The van der Waals surface area contributed by atoms with E-state index in [0.29, 0.717) is 51.8 Å². The molecule has 5 rings (SSSR count). The number of carbonyl (C=O) groups excluding carboxylic acids is 2. The number of rotatable bonds is 5. The molecular formula is C32H33NO8. The molecule has 1 unspecified atom stereocenters. The molecule has 9 heteroatoms. The Morgan fingerprint density at radius 3 is 2.56 bits per heavy atom. The van der Waals surface area contributed by atoms with Crippen molar-refractivity contribution < 1.29 is 39.0 Å². The highest BCUT2D eigenvalue weighted by Crippen LogP contribution is 2.49. The zero-order valence-corrected chi connectivity index (χ0v) is 23.3. The van der Waals surface area contributed by atoms with Gasteiger partial charge in [-0.25, -0.2) is 4.79 Å². The molecule has 3 aromatic carbocycles. The molecule has 0 saturated carbocycles. The molecule has 1 atom stereocenters. The van der Waals surface area contributed by atoms with Crippen LogP contribution in [0.1, 0.15) is 56.3 Å². The van der Waals surface area contributed by atoms with Crippen molar-refractivity contribution in [2.24, 2.45) is 0 Å². The van der Waals surface area contributed by atoms with Gasteiger partial charge < -0.3 is 18.9 Å². The van der Waals surface area contributed by atoms with E-state index in [-0.39, 0.29) is 28.7 Å². The molecule has 1 aliphatic heterocycles. The van der Waals surface area contributed by atoms with Crippen LogP contribution in [0.4, 0.5) is 5.69 Å². The number of fused-ring (bicyclic) bond motifs is 5. The number of allylic oxidation sites excluding steroid dienone is 4. The smallest absolute Gasteiger partial charge is 0.339 e. The van der Waals surface area contributed by atoms with E-state index in [9.17, 15) is 20.0 Å². The summed E-state index contributed by atoms with van der Waals surface area (Å²) in [7, 11) is 1.52. The van der Waals surface area contributed by atoms with Crippen LogP contribution in [0.2, 0.25) is 0 Å². The van der Waals surface area contributed by atoms with Crippen molar-refractivity contribution in [1.82, 2.24) is 0 Å². The van der Waals surface area contributed by atoms with Crippen molar-refractivity contribution in [3.8, 4) is 17.2 Å². The minimum absolute atomic E-state index is 0.0318. The lowest BCUT2D eigenvalue weighted by molar-refractivity contribution is -0.105. The van der Waals surface area contributed by atoms with Crippen LogP contribution in [0.3, 0.4) is 0 Å². The van der Waals surface area contributed by atoms with Crippen LogP contribution in [0.5, 0.6) is 17.2 Å². The number of methoxy groups -OCH3 is 1. The van der Waals surface area contributed by atoms with E-state index in [2.05, 4.69) is 19.1 Å². The molecular weight excluding hydrogens is 526 g/mol. The van der Waals surface area contributed by atoms with Crippen molar-refractivity contribution in [1.29, 1.82) is 0 Å². The van der Waals surface area contributed by atoms with Gasteiger partial charge in [0.25, 0.3) is 0 Å². The fourth-order valence-corrected chi connectivity index (χ4v) is 5.47. The van der Waals surface area contributed by atoms with Crippen molar-refractivity contribution in [2.75, 3.05) is 19.1 Å². The first kappa shape index (κ1) is 28.2. The summed E-state index contributed by atoms with van der Waals surface area (Å²) in [5.41, 5.74) is 2.85. The third kappa shape index (κ3) is 5.77. The second-order valence-corrected chi connectivity index (χ2v) is 10.3. The van der Waals surface area contributed by atoms with E-state index in [1.807, 2.05) is 13.0 Å². The number of carbonyl (C=O) groups is 2. The molecule has 41 heavy (non-hydrogen) atoms. The van der Waals surface area contributed by atoms with Crippen molar-refractivity contribution in [3.63, 3.8) is 0 Å². The van der Waals surface area contributed by atoms with Crippen molar-refractivity contribution in [2.45, 2.75) is 52.1 Å². The fourth-order valence-electron chi connectivity index (χ4n) is 5.47. The second kappa shape index (κ2) is 12.0. The van der Waals surface area contributed by atoms with Crippen molar-refractivity contribution >= 4 is 39.5 Å². The molecule has 3 aromatic rings. The molecule has 0 aromatic heterocycles. The highest BCUT2D eigenvalue weighted by Gasteiger charge is 2.29. The quantitative estimate of drug-likeness (QED) is 0.114. The van der Waals surface area contributed by atoms with Crippen LogP contribution in [-0.4, -0.2) is 42.7 Å². The van der Waals surface area contributed by atoms with Crippen LogP contribution in [-0.2, 0) is 9.53 Å². The van der Waals surface area contributed by atoms with Gasteiger partial charge in [0.2, 0.25) is 6.79 Å².